The minimum absolute atomic E-state index is 0.314. The molecular weight excluding hydrogens is 279 g/mol. The maximum atomic E-state index is 12.6. The van der Waals surface area contributed by atoms with Gasteiger partial charge in [0, 0.05) is 18.3 Å². The SMILES string of the molecule is NCc1c(OC(F)(F)F)ncc(C(F)F)c1C(=O)O. The molecule has 0 unspecified atom stereocenters. The first-order chi connectivity index (χ1) is 8.67. The fraction of sp³-hybridized carbons (Fsp3) is 0.333. The van der Waals surface area contributed by atoms with Gasteiger partial charge >= 0.3 is 12.3 Å². The predicted octanol–water partition coefficient (Wildman–Crippen LogP) is 2.07. The van der Waals surface area contributed by atoms with E-state index in [1.165, 1.54) is 0 Å². The van der Waals surface area contributed by atoms with Gasteiger partial charge in [0.25, 0.3) is 6.43 Å². The lowest BCUT2D eigenvalue weighted by molar-refractivity contribution is -0.276. The van der Waals surface area contributed by atoms with Crippen molar-refractivity contribution < 1.29 is 36.6 Å². The van der Waals surface area contributed by atoms with E-state index in [-0.39, 0.29) is 0 Å². The van der Waals surface area contributed by atoms with Crippen LogP contribution in [-0.2, 0) is 6.54 Å². The van der Waals surface area contributed by atoms with E-state index in [2.05, 4.69) is 9.72 Å². The van der Waals surface area contributed by atoms with Gasteiger partial charge in [-0.3, -0.25) is 0 Å². The monoisotopic (exact) mass is 286 g/mol. The van der Waals surface area contributed by atoms with Gasteiger partial charge in [-0.05, 0) is 0 Å². The summed E-state index contributed by atoms with van der Waals surface area (Å²) in [6, 6.07) is 0. The zero-order valence-corrected chi connectivity index (χ0v) is 9.04. The second-order valence-electron chi connectivity index (χ2n) is 3.23. The smallest absolute Gasteiger partial charge is 0.478 e. The molecule has 0 aliphatic rings. The lowest BCUT2D eigenvalue weighted by Crippen LogP contribution is -2.22. The van der Waals surface area contributed by atoms with E-state index in [4.69, 9.17) is 10.8 Å². The van der Waals surface area contributed by atoms with E-state index in [0.29, 0.717) is 6.20 Å². The highest BCUT2D eigenvalue weighted by molar-refractivity contribution is 5.91. The fourth-order valence-corrected chi connectivity index (χ4v) is 1.36. The molecule has 1 aromatic rings. The summed E-state index contributed by atoms with van der Waals surface area (Å²) in [5.74, 6) is -3.00. The van der Waals surface area contributed by atoms with Gasteiger partial charge in [0.1, 0.15) is 0 Å². The molecule has 1 aromatic heterocycles. The van der Waals surface area contributed by atoms with Crippen LogP contribution in [0.5, 0.6) is 5.88 Å². The van der Waals surface area contributed by atoms with Crippen LogP contribution in [0.15, 0.2) is 6.20 Å². The standard InChI is InChI=1S/C9H7F5N2O3/c10-6(11)4-2-16-7(19-9(12,13)14)3(1-15)5(4)8(17)18/h2,6H,1,15H2,(H,17,18). The van der Waals surface area contributed by atoms with Crippen molar-refractivity contribution in [2.24, 2.45) is 5.73 Å². The molecule has 1 heterocycles. The van der Waals surface area contributed by atoms with Crippen molar-refractivity contribution in [3.8, 4) is 5.88 Å². The number of ether oxygens (including phenoxy) is 1. The number of nitrogens with zero attached hydrogens (tertiary/aromatic N) is 1. The number of carboxylic acids is 1. The summed E-state index contributed by atoms with van der Waals surface area (Å²) in [6.07, 6.45) is -8.04. The molecule has 0 saturated heterocycles. The molecule has 0 atom stereocenters. The Bertz CT molecular complexity index is 489. The summed E-state index contributed by atoms with van der Waals surface area (Å²) in [5.41, 5.74) is 2.27. The van der Waals surface area contributed by atoms with E-state index in [1.807, 2.05) is 0 Å². The number of aromatic nitrogens is 1. The summed E-state index contributed by atoms with van der Waals surface area (Å²) >= 11 is 0. The van der Waals surface area contributed by atoms with Gasteiger partial charge in [0.05, 0.1) is 11.1 Å². The molecule has 19 heavy (non-hydrogen) atoms. The molecule has 10 heteroatoms. The molecule has 0 spiro atoms. The predicted molar refractivity (Wildman–Crippen MR) is 50.7 cm³/mol. The minimum atomic E-state index is -5.14. The number of hydrogen-bond donors (Lipinski definition) is 2. The van der Waals surface area contributed by atoms with Crippen LogP contribution in [0, 0.1) is 0 Å². The number of nitrogens with two attached hydrogens (primary N) is 1. The van der Waals surface area contributed by atoms with E-state index >= 15 is 0 Å². The summed E-state index contributed by atoms with van der Waals surface area (Å²) < 4.78 is 64.7. The van der Waals surface area contributed by atoms with Crippen LogP contribution >= 0.6 is 0 Å². The highest BCUT2D eigenvalue weighted by atomic mass is 19.4. The van der Waals surface area contributed by atoms with Crippen molar-refractivity contribution in [1.82, 2.24) is 4.98 Å². The molecule has 0 radical (unpaired) electrons. The molecule has 0 aliphatic heterocycles. The number of aromatic carboxylic acids is 1. The van der Waals surface area contributed by atoms with Crippen molar-refractivity contribution in [1.29, 1.82) is 0 Å². The molecule has 3 N–H and O–H groups in total. The van der Waals surface area contributed by atoms with E-state index in [1.54, 1.807) is 0 Å². The van der Waals surface area contributed by atoms with Crippen LogP contribution in [-0.4, -0.2) is 22.4 Å². The van der Waals surface area contributed by atoms with Crippen LogP contribution in [0.4, 0.5) is 22.0 Å². The Morgan fingerprint density at radius 1 is 1.47 bits per heavy atom. The number of carboxylic acid groups (broad SMARTS) is 1. The Balaban J connectivity index is 3.45. The van der Waals surface area contributed by atoms with Crippen LogP contribution in [0.3, 0.4) is 0 Å². The first-order valence-corrected chi connectivity index (χ1v) is 4.66. The van der Waals surface area contributed by atoms with Crippen LogP contribution in [0.2, 0.25) is 0 Å². The fourth-order valence-electron chi connectivity index (χ4n) is 1.36. The number of pyridine rings is 1. The van der Waals surface area contributed by atoms with Crippen LogP contribution in [0.25, 0.3) is 0 Å². The van der Waals surface area contributed by atoms with Crippen LogP contribution in [0.1, 0.15) is 27.9 Å². The summed E-state index contributed by atoms with van der Waals surface area (Å²) in [5, 5.41) is 8.80. The molecule has 0 amide bonds. The number of halogens is 5. The van der Waals surface area contributed by atoms with Gasteiger partial charge in [0.2, 0.25) is 5.88 Å². The zero-order valence-electron chi connectivity index (χ0n) is 9.04. The quantitative estimate of drug-likeness (QED) is 0.828. The number of rotatable bonds is 4. The third-order valence-electron chi connectivity index (χ3n) is 2.03. The molecule has 0 aromatic carbocycles. The highest BCUT2D eigenvalue weighted by Gasteiger charge is 2.35. The molecule has 1 rings (SSSR count). The second kappa shape index (κ2) is 5.34. The number of hydrogen-bond acceptors (Lipinski definition) is 4. The van der Waals surface area contributed by atoms with Gasteiger partial charge in [-0.15, -0.1) is 13.2 Å². The van der Waals surface area contributed by atoms with E-state index in [9.17, 15) is 26.7 Å². The Morgan fingerprint density at radius 3 is 2.42 bits per heavy atom. The minimum Gasteiger partial charge on any atom is -0.478 e. The van der Waals surface area contributed by atoms with Gasteiger partial charge < -0.3 is 15.6 Å². The van der Waals surface area contributed by atoms with Crippen molar-refractivity contribution >= 4 is 5.97 Å². The summed E-state index contributed by atoms with van der Waals surface area (Å²) in [7, 11) is 0. The number of alkyl halides is 5. The molecular formula is C9H7F5N2O3. The normalized spacial score (nSPS) is 11.7. The molecule has 106 valence electrons. The molecule has 0 saturated carbocycles. The molecule has 5 nitrogen and oxygen atoms in total. The van der Waals surface area contributed by atoms with Crippen molar-refractivity contribution in [3.05, 3.63) is 22.9 Å². The van der Waals surface area contributed by atoms with Gasteiger partial charge in [-0.2, -0.15) is 0 Å². The largest absolute Gasteiger partial charge is 0.574 e. The Kier molecular flexibility index (Phi) is 4.24. The Morgan fingerprint density at radius 2 is 2.05 bits per heavy atom. The maximum Gasteiger partial charge on any atom is 0.574 e. The summed E-state index contributed by atoms with van der Waals surface area (Å²) in [4.78, 5) is 13.9. The van der Waals surface area contributed by atoms with Crippen molar-refractivity contribution in [2.75, 3.05) is 0 Å². The molecule has 0 bridgehead atoms. The van der Waals surface area contributed by atoms with Gasteiger partial charge in [-0.25, -0.2) is 18.6 Å². The second-order valence-corrected chi connectivity index (χ2v) is 3.23. The third-order valence-corrected chi connectivity index (χ3v) is 2.03. The van der Waals surface area contributed by atoms with Crippen molar-refractivity contribution in [2.45, 2.75) is 19.3 Å². The first-order valence-electron chi connectivity index (χ1n) is 4.66. The Hall–Kier alpha value is -1.97. The van der Waals surface area contributed by atoms with Gasteiger partial charge in [-0.1, -0.05) is 0 Å². The third kappa shape index (κ3) is 3.50. The van der Waals surface area contributed by atoms with Crippen molar-refractivity contribution in [3.63, 3.8) is 0 Å². The average Bonchev–Trinajstić information content (AvgIpc) is 2.25. The lowest BCUT2D eigenvalue weighted by atomic mass is 10.0. The first kappa shape index (κ1) is 15.1. The lowest BCUT2D eigenvalue weighted by Gasteiger charge is -2.15. The topological polar surface area (TPSA) is 85.4 Å². The zero-order chi connectivity index (χ0) is 14.8. The summed E-state index contributed by atoms with van der Waals surface area (Å²) in [6.45, 7) is -0.749. The van der Waals surface area contributed by atoms with Gasteiger partial charge in [0.15, 0.2) is 0 Å². The molecule has 0 aliphatic carbocycles. The maximum absolute atomic E-state index is 12.6. The van der Waals surface area contributed by atoms with E-state index in [0.717, 1.165) is 0 Å². The Labute approximate surface area is 102 Å². The number of carbonyl (C=O) groups is 1. The van der Waals surface area contributed by atoms with E-state index < -0.39 is 47.9 Å². The molecule has 0 fully saturated rings. The highest BCUT2D eigenvalue weighted by Crippen LogP contribution is 2.32. The average molecular weight is 286 g/mol. The van der Waals surface area contributed by atoms with Crippen LogP contribution < -0.4 is 10.5 Å².